The molecule has 36 heavy (non-hydrogen) atoms. The fourth-order valence-corrected chi connectivity index (χ4v) is 5.32. The van der Waals surface area contributed by atoms with Crippen LogP contribution in [0.4, 0.5) is 5.69 Å². The van der Waals surface area contributed by atoms with E-state index in [0.29, 0.717) is 11.6 Å². The van der Waals surface area contributed by atoms with Gasteiger partial charge < -0.3 is 14.4 Å². The van der Waals surface area contributed by atoms with Gasteiger partial charge in [-0.3, -0.25) is 4.90 Å². The van der Waals surface area contributed by atoms with Crippen LogP contribution in [0, 0.1) is 0 Å². The lowest BCUT2D eigenvalue weighted by Crippen LogP contribution is -2.37. The Hall–Kier alpha value is -1.84. The number of fused-ring (bicyclic) bond motifs is 1. The molecular weight excluding hydrogens is 560 g/mol. The zero-order valence-electron chi connectivity index (χ0n) is 21.2. The van der Waals surface area contributed by atoms with Crippen LogP contribution < -0.4 is 4.74 Å². The Morgan fingerprint density at radius 1 is 1.17 bits per heavy atom. The number of morpholine rings is 1. The number of allylic oxidation sites excluding steroid dienone is 1. The first-order chi connectivity index (χ1) is 17.4. The second-order valence-corrected chi connectivity index (χ2v) is 10.9. The molecule has 0 atom stereocenters. The Labute approximate surface area is 231 Å². The monoisotopic (exact) mass is 590 g/mol. The van der Waals surface area contributed by atoms with Crippen molar-refractivity contribution in [1.29, 1.82) is 0 Å². The summed E-state index contributed by atoms with van der Waals surface area (Å²) in [6.45, 7) is 7.29. The molecule has 4 rings (SSSR count). The molecule has 0 radical (unpaired) electrons. The Morgan fingerprint density at radius 3 is 2.61 bits per heavy atom. The first-order valence-electron chi connectivity index (χ1n) is 12.0. The van der Waals surface area contributed by atoms with E-state index in [9.17, 15) is 0 Å². The molecule has 1 fully saturated rings. The molecule has 0 amide bonds. The van der Waals surface area contributed by atoms with E-state index in [1.54, 1.807) is 11.8 Å². The third-order valence-electron chi connectivity index (χ3n) is 6.27. The van der Waals surface area contributed by atoms with Crippen LogP contribution in [0.2, 0.25) is 5.02 Å². The molecule has 2 aromatic carbocycles. The molecule has 0 spiro atoms. The molecule has 2 heterocycles. The molecule has 0 aliphatic carbocycles. The Morgan fingerprint density at radius 2 is 1.92 bits per heavy atom. The number of benzene rings is 2. The minimum Gasteiger partial charge on any atom is -0.492 e. The van der Waals surface area contributed by atoms with E-state index in [-0.39, 0.29) is 0 Å². The number of thioether (sulfide) groups is 1. The van der Waals surface area contributed by atoms with E-state index in [1.807, 2.05) is 56.7 Å². The van der Waals surface area contributed by atoms with Gasteiger partial charge in [0, 0.05) is 61.6 Å². The summed E-state index contributed by atoms with van der Waals surface area (Å²) in [7, 11) is 4.03. The van der Waals surface area contributed by atoms with E-state index < -0.39 is 0 Å². The van der Waals surface area contributed by atoms with Crippen molar-refractivity contribution in [3.8, 4) is 5.75 Å². The Balaban J connectivity index is 1.71. The van der Waals surface area contributed by atoms with Crippen molar-refractivity contribution in [2.24, 2.45) is 9.98 Å². The van der Waals surface area contributed by atoms with Gasteiger partial charge in [-0.1, -0.05) is 29.8 Å². The number of ether oxygens (including phenoxy) is 2. The van der Waals surface area contributed by atoms with Crippen LogP contribution in [0.3, 0.4) is 0 Å². The third kappa shape index (κ3) is 6.34. The molecule has 0 saturated carbocycles. The summed E-state index contributed by atoms with van der Waals surface area (Å²) >= 11 is 12.0. The van der Waals surface area contributed by atoms with Crippen LogP contribution in [-0.4, -0.2) is 80.4 Å². The van der Waals surface area contributed by atoms with Gasteiger partial charge in [-0.25, -0.2) is 9.98 Å². The van der Waals surface area contributed by atoms with E-state index in [2.05, 4.69) is 32.7 Å². The molecule has 2 aliphatic rings. The van der Waals surface area contributed by atoms with E-state index in [1.165, 1.54) is 0 Å². The predicted octanol–water partition coefficient (Wildman–Crippen LogP) is 6.24. The minimum atomic E-state index is 0.629. The zero-order valence-corrected chi connectivity index (χ0v) is 24.3. The summed E-state index contributed by atoms with van der Waals surface area (Å²) in [6.07, 6.45) is 2.98. The van der Waals surface area contributed by atoms with Gasteiger partial charge in [-0.15, -0.1) is 11.8 Å². The second kappa shape index (κ2) is 12.6. The highest BCUT2D eigenvalue weighted by Gasteiger charge is 2.24. The van der Waals surface area contributed by atoms with E-state index >= 15 is 0 Å². The molecule has 6 nitrogen and oxygen atoms in total. The normalized spacial score (nSPS) is 17.6. The molecule has 0 N–H and O–H groups in total. The van der Waals surface area contributed by atoms with Gasteiger partial charge in [-0.05, 0) is 47.7 Å². The molecule has 9 heteroatoms. The van der Waals surface area contributed by atoms with Crippen molar-refractivity contribution in [2.45, 2.75) is 13.3 Å². The summed E-state index contributed by atoms with van der Waals surface area (Å²) in [5.74, 6) is 0.773. The maximum Gasteiger partial charge on any atom is 0.135 e. The second-order valence-electron chi connectivity index (χ2n) is 8.85. The highest BCUT2D eigenvalue weighted by Crippen LogP contribution is 2.39. The van der Waals surface area contributed by atoms with Gasteiger partial charge in [0.2, 0.25) is 0 Å². The highest BCUT2D eigenvalue weighted by molar-refractivity contribution is 9.10. The smallest absolute Gasteiger partial charge is 0.135 e. The fourth-order valence-electron chi connectivity index (χ4n) is 4.06. The lowest BCUT2D eigenvalue weighted by molar-refractivity contribution is 0.0358. The summed E-state index contributed by atoms with van der Waals surface area (Å²) in [5, 5.41) is 1.50. The Kier molecular flexibility index (Phi) is 9.52. The summed E-state index contributed by atoms with van der Waals surface area (Å²) < 4.78 is 12.5. The van der Waals surface area contributed by atoms with E-state index in [4.69, 9.17) is 31.1 Å². The maximum absolute atomic E-state index is 6.66. The fraction of sp³-hybridized carbons (Fsp3) is 0.407. The minimum absolute atomic E-state index is 0.629. The van der Waals surface area contributed by atoms with Crippen molar-refractivity contribution < 1.29 is 9.47 Å². The molecule has 192 valence electrons. The van der Waals surface area contributed by atoms with Crippen LogP contribution in [0.25, 0.3) is 0 Å². The lowest BCUT2D eigenvalue weighted by atomic mass is 10.0. The average molecular weight is 592 g/mol. The van der Waals surface area contributed by atoms with Gasteiger partial charge >= 0.3 is 0 Å². The van der Waals surface area contributed by atoms with Crippen molar-refractivity contribution in [2.75, 3.05) is 59.8 Å². The van der Waals surface area contributed by atoms with Crippen LogP contribution in [-0.2, 0) is 4.74 Å². The molecule has 2 aliphatic heterocycles. The van der Waals surface area contributed by atoms with Gasteiger partial charge in [0.25, 0.3) is 0 Å². The molecule has 1 saturated heterocycles. The first-order valence-corrected chi connectivity index (χ1v) is 14.4. The lowest BCUT2D eigenvalue weighted by Gasteiger charge is -2.26. The average Bonchev–Trinajstić information content (AvgIpc) is 3.03. The van der Waals surface area contributed by atoms with Crippen LogP contribution >= 0.6 is 39.3 Å². The van der Waals surface area contributed by atoms with E-state index in [0.717, 1.165) is 88.5 Å². The predicted molar refractivity (Wildman–Crippen MR) is 156 cm³/mol. The summed E-state index contributed by atoms with van der Waals surface area (Å²) in [6, 6.07) is 11.9. The summed E-state index contributed by atoms with van der Waals surface area (Å²) in [5.41, 5.74) is 5.24. The van der Waals surface area contributed by atoms with Crippen molar-refractivity contribution >= 4 is 55.7 Å². The number of hydrogen-bond donors (Lipinski definition) is 0. The van der Waals surface area contributed by atoms with Gasteiger partial charge in [0.05, 0.1) is 35.7 Å². The SMILES string of the molecule is CSC1=Nc2cc(OCCCN3CCOCC3)c(Br)cc2C(c2ccccc2Cl)=NC1=C(C)N(C)C. The zero-order chi connectivity index (χ0) is 25.7. The van der Waals surface area contributed by atoms with Crippen molar-refractivity contribution in [3.05, 3.63) is 68.4 Å². The van der Waals surface area contributed by atoms with Crippen LogP contribution in [0.1, 0.15) is 24.5 Å². The van der Waals surface area contributed by atoms with Gasteiger partial charge in [-0.2, -0.15) is 0 Å². The number of rotatable bonds is 7. The topological polar surface area (TPSA) is 49.7 Å². The largest absolute Gasteiger partial charge is 0.492 e. The Bertz CT molecular complexity index is 1190. The first kappa shape index (κ1) is 27.2. The van der Waals surface area contributed by atoms with Crippen molar-refractivity contribution in [1.82, 2.24) is 9.80 Å². The maximum atomic E-state index is 6.66. The number of aliphatic imine (C=N–C) groups is 2. The third-order valence-corrected chi connectivity index (χ3v) is 7.89. The molecule has 0 unspecified atom stereocenters. The standard InChI is InChI=1S/C27H32BrClN4O2S/c1-18(32(2)3)25-27(36-4)30-23-17-24(35-13-7-10-33-11-14-34-15-12-33)21(28)16-20(23)26(31-25)19-8-5-6-9-22(19)29/h5-6,8-9,16-17H,7,10-15H2,1-4H3. The van der Waals surface area contributed by atoms with Gasteiger partial charge in [0.15, 0.2) is 0 Å². The van der Waals surface area contributed by atoms with Crippen LogP contribution in [0.15, 0.2) is 62.2 Å². The highest BCUT2D eigenvalue weighted by atomic mass is 79.9. The molecule has 0 bridgehead atoms. The van der Waals surface area contributed by atoms with Crippen LogP contribution in [0.5, 0.6) is 5.75 Å². The number of halogens is 2. The molecule has 2 aromatic rings. The molecule has 0 aromatic heterocycles. The van der Waals surface area contributed by atoms with Gasteiger partial charge in [0.1, 0.15) is 16.5 Å². The number of nitrogens with zero attached hydrogens (tertiary/aromatic N) is 4. The number of hydrogen-bond acceptors (Lipinski definition) is 7. The molecular formula is C27H32BrClN4O2S. The quantitative estimate of drug-likeness (QED) is 0.357. The summed E-state index contributed by atoms with van der Waals surface area (Å²) in [4.78, 5) is 14.7. The van der Waals surface area contributed by atoms with Crippen molar-refractivity contribution in [3.63, 3.8) is 0 Å².